The molecule has 1 fully saturated rings. The van der Waals surface area contributed by atoms with Gasteiger partial charge in [0.15, 0.2) is 5.96 Å². The standard InChI is InChI=1S/C17H27N3O2/c1-18-16(19-10-7-15-5-3-2-4-6-15)20-13-17(8-11-21)9-12-22-14-17/h2-6,21H,7-14H2,1H3,(H2,18,19,20). The van der Waals surface area contributed by atoms with Crippen molar-refractivity contribution < 1.29 is 9.84 Å². The van der Waals surface area contributed by atoms with Crippen molar-refractivity contribution >= 4 is 5.96 Å². The van der Waals surface area contributed by atoms with Crippen molar-refractivity contribution in [3.05, 3.63) is 35.9 Å². The molecule has 122 valence electrons. The molecule has 0 aliphatic carbocycles. The van der Waals surface area contributed by atoms with Crippen molar-refractivity contribution in [2.45, 2.75) is 19.3 Å². The number of aliphatic hydroxyl groups is 1. The highest BCUT2D eigenvalue weighted by Crippen LogP contribution is 2.31. The molecule has 1 unspecified atom stereocenters. The summed E-state index contributed by atoms with van der Waals surface area (Å²) in [5.74, 6) is 0.806. The van der Waals surface area contributed by atoms with Crippen molar-refractivity contribution in [2.24, 2.45) is 10.4 Å². The van der Waals surface area contributed by atoms with E-state index >= 15 is 0 Å². The van der Waals surface area contributed by atoms with E-state index < -0.39 is 0 Å². The van der Waals surface area contributed by atoms with Gasteiger partial charge in [-0.15, -0.1) is 0 Å². The molecule has 0 bridgehead atoms. The maximum atomic E-state index is 9.25. The van der Waals surface area contributed by atoms with Gasteiger partial charge in [0, 0.05) is 38.8 Å². The minimum atomic E-state index is 0.0335. The minimum absolute atomic E-state index is 0.0335. The zero-order valence-corrected chi connectivity index (χ0v) is 13.3. The fraction of sp³-hybridized carbons (Fsp3) is 0.588. The predicted molar refractivity (Wildman–Crippen MR) is 89.1 cm³/mol. The summed E-state index contributed by atoms with van der Waals surface area (Å²) in [6.07, 6.45) is 2.72. The first kappa shape index (κ1) is 16.8. The Morgan fingerprint density at radius 1 is 1.32 bits per heavy atom. The summed E-state index contributed by atoms with van der Waals surface area (Å²) in [6.45, 7) is 3.31. The van der Waals surface area contributed by atoms with E-state index in [9.17, 15) is 5.11 Å². The van der Waals surface area contributed by atoms with E-state index in [1.807, 2.05) is 6.07 Å². The summed E-state index contributed by atoms with van der Waals surface area (Å²) >= 11 is 0. The first-order valence-corrected chi connectivity index (χ1v) is 7.95. The molecule has 0 saturated carbocycles. The van der Waals surface area contributed by atoms with Gasteiger partial charge >= 0.3 is 0 Å². The second-order valence-corrected chi connectivity index (χ2v) is 5.86. The molecule has 0 radical (unpaired) electrons. The topological polar surface area (TPSA) is 65.9 Å². The number of rotatable bonds is 7. The molecule has 1 aromatic carbocycles. The molecule has 1 heterocycles. The number of nitrogens with zero attached hydrogens (tertiary/aromatic N) is 1. The van der Waals surface area contributed by atoms with Gasteiger partial charge in [-0.05, 0) is 24.8 Å². The number of guanidine groups is 1. The molecule has 1 aromatic rings. The largest absolute Gasteiger partial charge is 0.396 e. The molecule has 5 heteroatoms. The van der Waals surface area contributed by atoms with Crippen LogP contribution >= 0.6 is 0 Å². The zero-order chi connectivity index (χ0) is 15.7. The summed E-state index contributed by atoms with van der Waals surface area (Å²) in [7, 11) is 1.78. The fourth-order valence-electron chi connectivity index (χ4n) is 2.77. The third-order valence-electron chi connectivity index (χ3n) is 4.23. The molecular weight excluding hydrogens is 278 g/mol. The average molecular weight is 305 g/mol. The van der Waals surface area contributed by atoms with Gasteiger partial charge in [-0.1, -0.05) is 30.3 Å². The highest BCUT2D eigenvalue weighted by molar-refractivity contribution is 5.79. The SMILES string of the molecule is CN=C(NCCc1ccccc1)NCC1(CCO)CCOC1. The van der Waals surface area contributed by atoms with E-state index in [1.165, 1.54) is 5.56 Å². The monoisotopic (exact) mass is 305 g/mol. The van der Waals surface area contributed by atoms with E-state index in [0.717, 1.165) is 44.9 Å². The molecular formula is C17H27N3O2. The van der Waals surface area contributed by atoms with E-state index in [4.69, 9.17) is 4.74 Å². The lowest BCUT2D eigenvalue weighted by Gasteiger charge is -2.27. The van der Waals surface area contributed by atoms with Crippen LogP contribution in [-0.2, 0) is 11.2 Å². The normalized spacial score (nSPS) is 21.8. The second kappa shape index (κ2) is 8.76. The van der Waals surface area contributed by atoms with Crippen LogP contribution in [0.4, 0.5) is 0 Å². The lowest BCUT2D eigenvalue weighted by atomic mass is 9.84. The van der Waals surface area contributed by atoms with Crippen molar-refractivity contribution in [3.63, 3.8) is 0 Å². The van der Waals surface area contributed by atoms with Crippen LogP contribution < -0.4 is 10.6 Å². The van der Waals surface area contributed by atoms with Gasteiger partial charge in [0.1, 0.15) is 0 Å². The molecule has 0 aromatic heterocycles. The van der Waals surface area contributed by atoms with E-state index in [0.29, 0.717) is 6.61 Å². The lowest BCUT2D eigenvalue weighted by Crippen LogP contribution is -2.45. The molecule has 22 heavy (non-hydrogen) atoms. The molecule has 1 aliphatic rings. The van der Waals surface area contributed by atoms with Crippen LogP contribution in [0.2, 0.25) is 0 Å². The van der Waals surface area contributed by atoms with Crippen molar-refractivity contribution in [2.75, 3.05) is 40.0 Å². The predicted octanol–water partition coefficient (Wildman–Crippen LogP) is 1.18. The number of hydrogen-bond acceptors (Lipinski definition) is 3. The van der Waals surface area contributed by atoms with Crippen LogP contribution in [0.3, 0.4) is 0 Å². The van der Waals surface area contributed by atoms with Crippen LogP contribution in [0.25, 0.3) is 0 Å². The van der Waals surface area contributed by atoms with Crippen LogP contribution in [0.15, 0.2) is 35.3 Å². The summed E-state index contributed by atoms with van der Waals surface area (Å²) in [6, 6.07) is 10.4. The summed E-state index contributed by atoms with van der Waals surface area (Å²) in [5, 5.41) is 16.0. The van der Waals surface area contributed by atoms with E-state index in [-0.39, 0.29) is 12.0 Å². The van der Waals surface area contributed by atoms with Crippen LogP contribution in [-0.4, -0.2) is 51.0 Å². The second-order valence-electron chi connectivity index (χ2n) is 5.86. The number of aliphatic hydroxyl groups excluding tert-OH is 1. The smallest absolute Gasteiger partial charge is 0.191 e. The van der Waals surface area contributed by atoms with Gasteiger partial charge in [0.25, 0.3) is 0 Å². The maximum Gasteiger partial charge on any atom is 0.191 e. The molecule has 1 saturated heterocycles. The van der Waals surface area contributed by atoms with Crippen LogP contribution in [0.5, 0.6) is 0 Å². The highest BCUT2D eigenvalue weighted by Gasteiger charge is 2.34. The Hall–Kier alpha value is -1.59. The van der Waals surface area contributed by atoms with Gasteiger partial charge in [-0.3, -0.25) is 4.99 Å². The van der Waals surface area contributed by atoms with Gasteiger partial charge in [-0.2, -0.15) is 0 Å². The maximum absolute atomic E-state index is 9.25. The summed E-state index contributed by atoms with van der Waals surface area (Å²) < 4.78 is 5.51. The summed E-state index contributed by atoms with van der Waals surface area (Å²) in [5.41, 5.74) is 1.35. The molecule has 5 nitrogen and oxygen atoms in total. The van der Waals surface area contributed by atoms with Crippen molar-refractivity contribution in [1.82, 2.24) is 10.6 Å². The number of hydrogen-bond donors (Lipinski definition) is 3. The third-order valence-corrected chi connectivity index (χ3v) is 4.23. The Bertz CT molecular complexity index is 456. The van der Waals surface area contributed by atoms with E-state index in [1.54, 1.807) is 7.05 Å². The molecule has 0 spiro atoms. The Labute approximate surface area is 132 Å². The number of benzene rings is 1. The minimum Gasteiger partial charge on any atom is -0.396 e. The van der Waals surface area contributed by atoms with Gasteiger partial charge in [0.2, 0.25) is 0 Å². The average Bonchev–Trinajstić information content (AvgIpc) is 3.01. The Balaban J connectivity index is 1.75. The van der Waals surface area contributed by atoms with Gasteiger partial charge in [0.05, 0.1) is 6.61 Å². The van der Waals surface area contributed by atoms with E-state index in [2.05, 4.69) is 39.9 Å². The Morgan fingerprint density at radius 2 is 2.14 bits per heavy atom. The third kappa shape index (κ3) is 5.00. The molecule has 1 aliphatic heterocycles. The molecule has 1 atom stereocenters. The van der Waals surface area contributed by atoms with Crippen molar-refractivity contribution in [3.8, 4) is 0 Å². The molecule has 3 N–H and O–H groups in total. The summed E-state index contributed by atoms with van der Waals surface area (Å²) in [4.78, 5) is 4.26. The molecule has 2 rings (SSSR count). The molecule has 0 amide bonds. The zero-order valence-electron chi connectivity index (χ0n) is 13.3. The van der Waals surface area contributed by atoms with Crippen molar-refractivity contribution in [1.29, 1.82) is 0 Å². The van der Waals surface area contributed by atoms with Crippen LogP contribution in [0, 0.1) is 5.41 Å². The van der Waals surface area contributed by atoms with Gasteiger partial charge in [-0.25, -0.2) is 0 Å². The highest BCUT2D eigenvalue weighted by atomic mass is 16.5. The van der Waals surface area contributed by atoms with Crippen LogP contribution in [0.1, 0.15) is 18.4 Å². The first-order valence-electron chi connectivity index (χ1n) is 7.95. The van der Waals surface area contributed by atoms with Gasteiger partial charge < -0.3 is 20.5 Å². The number of nitrogens with one attached hydrogen (secondary N) is 2. The fourth-order valence-corrected chi connectivity index (χ4v) is 2.77. The lowest BCUT2D eigenvalue weighted by molar-refractivity contribution is 0.127. The quantitative estimate of drug-likeness (QED) is 0.523. The Morgan fingerprint density at radius 3 is 2.77 bits per heavy atom. The first-order chi connectivity index (χ1) is 10.8. The Kier molecular flexibility index (Phi) is 6.68. The number of aliphatic imine (C=N–C) groups is 1. The number of ether oxygens (including phenoxy) is 1.